The van der Waals surface area contributed by atoms with Gasteiger partial charge in [-0.05, 0) is 92.1 Å². The molecule has 7 nitrogen and oxygen atoms in total. The van der Waals surface area contributed by atoms with Gasteiger partial charge in [0.05, 0.1) is 11.7 Å². The Morgan fingerprint density at radius 1 is 1.05 bits per heavy atom. The van der Waals surface area contributed by atoms with Gasteiger partial charge in [-0.25, -0.2) is 4.79 Å². The summed E-state index contributed by atoms with van der Waals surface area (Å²) in [5.74, 6) is -1.50. The molecule has 10 atom stereocenters. The number of ether oxygens (including phenoxy) is 1. The summed E-state index contributed by atoms with van der Waals surface area (Å²) < 4.78 is 5.87. The van der Waals surface area contributed by atoms with E-state index in [-0.39, 0.29) is 45.6 Å². The minimum atomic E-state index is -1.02. The summed E-state index contributed by atoms with van der Waals surface area (Å²) in [6.45, 7) is 14.2. The van der Waals surface area contributed by atoms with Crippen LogP contribution in [0.15, 0.2) is 34.9 Å². The molecule has 0 bridgehead atoms. The first-order chi connectivity index (χ1) is 17.5. The lowest BCUT2D eigenvalue weighted by atomic mass is 9.34. The lowest BCUT2D eigenvalue weighted by Gasteiger charge is -2.72. The average molecular weight is 529 g/mol. The molecule has 0 aromatic heterocycles. The van der Waals surface area contributed by atoms with Crippen molar-refractivity contribution in [1.82, 2.24) is 0 Å². The predicted molar refractivity (Wildman–Crippen MR) is 148 cm³/mol. The molecule has 4 saturated carbocycles. The summed E-state index contributed by atoms with van der Waals surface area (Å²) in [4.78, 5) is 24.9. The number of aliphatic carboxylic acids is 1. The number of carbonyl (C=O) groups excluding carboxylic acids is 1. The maximum atomic E-state index is 12.6. The van der Waals surface area contributed by atoms with E-state index in [0.717, 1.165) is 24.8 Å². The largest absolute Gasteiger partial charge is 0.478 e. The van der Waals surface area contributed by atoms with Crippen molar-refractivity contribution in [2.75, 3.05) is 0 Å². The van der Waals surface area contributed by atoms with Crippen LogP contribution in [0.4, 0.5) is 0 Å². The predicted octanol–water partition coefficient (Wildman–Crippen LogP) is 4.49. The smallest absolute Gasteiger partial charge is 0.335 e. The van der Waals surface area contributed by atoms with Crippen molar-refractivity contribution in [3.8, 4) is 0 Å². The third-order valence-electron chi connectivity index (χ3n) is 11.7. The third-order valence-corrected chi connectivity index (χ3v) is 11.7. The summed E-state index contributed by atoms with van der Waals surface area (Å²) in [5.41, 5.74) is 14.9. The van der Waals surface area contributed by atoms with Gasteiger partial charge in [-0.1, -0.05) is 45.4 Å². The van der Waals surface area contributed by atoms with Crippen LogP contribution >= 0.6 is 0 Å². The Balaban J connectivity index is 1.88. The second-order valence-corrected chi connectivity index (χ2v) is 13.7. The topological polar surface area (TPSA) is 136 Å². The van der Waals surface area contributed by atoms with Gasteiger partial charge in [0.15, 0.2) is 0 Å². The highest BCUT2D eigenvalue weighted by molar-refractivity contribution is 5.91. The molecule has 0 aromatic rings. The minimum absolute atomic E-state index is 0.0322. The van der Waals surface area contributed by atoms with Crippen LogP contribution in [0.1, 0.15) is 87.0 Å². The number of hydrogen-bond acceptors (Lipinski definition) is 6. The first kappa shape index (κ1) is 29.0. The SMILES string of the molecule is CC(=O)O[C@H]1C[C@@]2(C)[C@@H](C[C@@H](N)[C@@H]3[C@]2(C)CC[C@@]2(N)[C@H](C)[C@H](O)CC[C@]32C)/C1=C(\C=C/C=C(C)C)C(=O)O. The van der Waals surface area contributed by atoms with E-state index in [2.05, 4.69) is 27.7 Å². The number of allylic oxidation sites excluding steroid dienone is 3. The van der Waals surface area contributed by atoms with Crippen LogP contribution in [0, 0.1) is 34.0 Å². The summed E-state index contributed by atoms with van der Waals surface area (Å²) in [6, 6.07) is -0.198. The molecule has 0 heterocycles. The van der Waals surface area contributed by atoms with Gasteiger partial charge in [0, 0.05) is 24.4 Å². The molecule has 38 heavy (non-hydrogen) atoms. The summed E-state index contributed by atoms with van der Waals surface area (Å²) in [5, 5.41) is 21.1. The molecule has 0 spiro atoms. The molecule has 0 saturated heterocycles. The van der Waals surface area contributed by atoms with Gasteiger partial charge in [-0.2, -0.15) is 0 Å². The number of rotatable bonds is 4. The fraction of sp³-hybridized carbons (Fsp3) is 0.742. The molecule has 0 unspecified atom stereocenters. The van der Waals surface area contributed by atoms with Gasteiger partial charge in [-0.3, -0.25) is 4.79 Å². The summed E-state index contributed by atoms with van der Waals surface area (Å²) in [7, 11) is 0. The number of aliphatic hydroxyl groups is 1. The van der Waals surface area contributed by atoms with Crippen LogP contribution in [0.25, 0.3) is 0 Å². The fourth-order valence-electron chi connectivity index (χ4n) is 9.59. The van der Waals surface area contributed by atoms with Crippen LogP contribution in [-0.4, -0.2) is 45.9 Å². The van der Waals surface area contributed by atoms with E-state index in [1.54, 1.807) is 12.2 Å². The zero-order valence-corrected chi connectivity index (χ0v) is 24.2. The quantitative estimate of drug-likeness (QED) is 0.240. The molecule has 212 valence electrons. The Hall–Kier alpha value is -1.96. The Bertz CT molecular complexity index is 1090. The molecule has 0 radical (unpaired) electrons. The Morgan fingerprint density at radius 2 is 1.71 bits per heavy atom. The van der Waals surface area contributed by atoms with Crippen molar-refractivity contribution in [3.63, 3.8) is 0 Å². The molecule has 7 heteroatoms. The normalized spacial score (nSPS) is 47.5. The van der Waals surface area contributed by atoms with E-state index in [9.17, 15) is 19.8 Å². The number of nitrogens with two attached hydrogens (primary N) is 2. The molecule has 6 N–H and O–H groups in total. The van der Waals surface area contributed by atoms with Crippen molar-refractivity contribution in [2.45, 2.75) is 111 Å². The number of carboxylic acids is 1. The Morgan fingerprint density at radius 3 is 2.29 bits per heavy atom. The van der Waals surface area contributed by atoms with E-state index in [4.69, 9.17) is 16.2 Å². The minimum Gasteiger partial charge on any atom is -0.478 e. The summed E-state index contributed by atoms with van der Waals surface area (Å²) >= 11 is 0. The highest BCUT2D eigenvalue weighted by Crippen LogP contribution is 2.74. The number of aliphatic hydroxyl groups excluding tert-OH is 1. The van der Waals surface area contributed by atoms with E-state index in [0.29, 0.717) is 24.8 Å². The maximum Gasteiger partial charge on any atom is 0.335 e. The number of carboxylic acid groups (broad SMARTS) is 1. The van der Waals surface area contributed by atoms with Crippen LogP contribution in [0.5, 0.6) is 0 Å². The highest BCUT2D eigenvalue weighted by atomic mass is 16.5. The monoisotopic (exact) mass is 528 g/mol. The van der Waals surface area contributed by atoms with Crippen molar-refractivity contribution in [3.05, 3.63) is 34.9 Å². The van der Waals surface area contributed by atoms with E-state index in [1.807, 2.05) is 19.9 Å². The van der Waals surface area contributed by atoms with Crippen molar-refractivity contribution >= 4 is 11.9 Å². The van der Waals surface area contributed by atoms with Gasteiger partial charge in [-0.15, -0.1) is 0 Å². The molecular weight excluding hydrogens is 480 g/mol. The molecule has 4 aliphatic carbocycles. The lowest BCUT2D eigenvalue weighted by Crippen LogP contribution is -2.76. The second-order valence-electron chi connectivity index (χ2n) is 13.7. The molecule has 0 aromatic carbocycles. The zero-order valence-electron chi connectivity index (χ0n) is 24.2. The van der Waals surface area contributed by atoms with Crippen molar-refractivity contribution < 1.29 is 24.5 Å². The summed E-state index contributed by atoms with van der Waals surface area (Å²) in [6.07, 6.45) is 8.54. The van der Waals surface area contributed by atoms with Crippen LogP contribution in [-0.2, 0) is 14.3 Å². The molecular formula is C31H48N2O5. The van der Waals surface area contributed by atoms with Crippen LogP contribution in [0.3, 0.4) is 0 Å². The first-order valence-electron chi connectivity index (χ1n) is 14.2. The Kier molecular flexibility index (Phi) is 7.33. The third kappa shape index (κ3) is 4.03. The fourth-order valence-corrected chi connectivity index (χ4v) is 9.59. The zero-order chi connectivity index (χ0) is 28.4. The first-order valence-corrected chi connectivity index (χ1v) is 14.2. The molecule has 4 fully saturated rings. The van der Waals surface area contributed by atoms with Gasteiger partial charge in [0.2, 0.25) is 0 Å². The van der Waals surface area contributed by atoms with Crippen molar-refractivity contribution in [1.29, 1.82) is 0 Å². The highest BCUT2D eigenvalue weighted by Gasteiger charge is 2.73. The second kappa shape index (κ2) is 9.60. The molecule has 4 rings (SSSR count). The maximum absolute atomic E-state index is 12.6. The van der Waals surface area contributed by atoms with Gasteiger partial charge in [0.25, 0.3) is 0 Å². The van der Waals surface area contributed by atoms with Crippen LogP contribution < -0.4 is 11.5 Å². The average Bonchev–Trinajstić information content (AvgIpc) is 3.08. The lowest BCUT2D eigenvalue weighted by molar-refractivity contribution is -0.213. The molecule has 0 aliphatic heterocycles. The van der Waals surface area contributed by atoms with Gasteiger partial charge in [0.1, 0.15) is 6.10 Å². The van der Waals surface area contributed by atoms with Crippen molar-refractivity contribution in [2.24, 2.45) is 45.5 Å². The molecule has 0 amide bonds. The number of esters is 1. The van der Waals surface area contributed by atoms with Gasteiger partial charge >= 0.3 is 11.9 Å². The standard InChI is InChI=1S/C31H48N2O5/c1-17(2)9-8-10-20(27(36)37)25-21-15-22(32)26-28(5,30(21,7)16-24(25)38-19(4)34)13-14-31(33)18(3)23(35)11-12-29(26,31)6/h8-10,18,21-24,26,35H,11-16,32-33H2,1-7H3,(H,36,37)/b10-8-,25-20-/t18-,21+,22-,23-,24+,26-,28+,29-,30+,31-/m1/s1. The number of carbonyl (C=O) groups is 2. The van der Waals surface area contributed by atoms with E-state index in [1.165, 1.54) is 6.92 Å². The van der Waals surface area contributed by atoms with E-state index < -0.39 is 29.7 Å². The van der Waals surface area contributed by atoms with E-state index >= 15 is 0 Å². The molecule has 4 aliphatic rings. The van der Waals surface area contributed by atoms with Gasteiger partial charge < -0.3 is 26.4 Å². The van der Waals surface area contributed by atoms with Crippen LogP contribution in [0.2, 0.25) is 0 Å². The number of hydrogen-bond donors (Lipinski definition) is 4. The Labute approximate surface area is 227 Å². The number of fused-ring (bicyclic) bond motifs is 5.